The molecule has 6 heteroatoms. The SMILES string of the molecule is O=C1CCCS(=NC(=O)NC2C3=C(C=C4CCCC42)CCC3)N1. The lowest BCUT2D eigenvalue weighted by Gasteiger charge is -2.31. The minimum atomic E-state index is -0.639. The zero-order chi connectivity index (χ0) is 15.8. The number of hydrogen-bond acceptors (Lipinski definition) is 2. The number of fused-ring (bicyclic) bond motifs is 1. The second-order valence-electron chi connectivity index (χ2n) is 6.84. The molecule has 1 heterocycles. The van der Waals surface area contributed by atoms with Crippen molar-refractivity contribution in [2.45, 2.75) is 57.4 Å². The summed E-state index contributed by atoms with van der Waals surface area (Å²) >= 11 is 0. The molecule has 0 radical (unpaired) electrons. The summed E-state index contributed by atoms with van der Waals surface area (Å²) in [6.45, 7) is 0. The molecular weight excluding hydrogens is 310 g/mol. The second-order valence-corrected chi connectivity index (χ2v) is 8.36. The van der Waals surface area contributed by atoms with E-state index >= 15 is 0 Å². The largest absolute Gasteiger partial charge is 0.349 e. The summed E-state index contributed by atoms with van der Waals surface area (Å²) in [4.78, 5) is 23.8. The molecule has 1 saturated carbocycles. The molecule has 3 amide bonds. The number of carbonyl (C=O) groups is 2. The van der Waals surface area contributed by atoms with Crippen molar-refractivity contribution in [1.29, 1.82) is 0 Å². The van der Waals surface area contributed by atoms with Crippen molar-refractivity contribution < 1.29 is 9.59 Å². The fourth-order valence-electron chi connectivity index (χ4n) is 4.35. The summed E-state index contributed by atoms with van der Waals surface area (Å²) < 4.78 is 7.03. The van der Waals surface area contributed by atoms with Crippen molar-refractivity contribution in [1.82, 2.24) is 10.0 Å². The molecule has 1 saturated heterocycles. The van der Waals surface area contributed by atoms with Gasteiger partial charge >= 0.3 is 6.03 Å². The monoisotopic (exact) mass is 333 g/mol. The summed E-state index contributed by atoms with van der Waals surface area (Å²) in [6.07, 6.45) is 10.8. The summed E-state index contributed by atoms with van der Waals surface area (Å²) in [7, 11) is -0.639. The van der Waals surface area contributed by atoms with Crippen LogP contribution >= 0.6 is 0 Å². The van der Waals surface area contributed by atoms with Gasteiger partial charge in [0.1, 0.15) is 0 Å². The number of hydrogen-bond donors (Lipinski definition) is 2. The molecule has 0 aromatic carbocycles. The zero-order valence-electron chi connectivity index (χ0n) is 13.3. The highest BCUT2D eigenvalue weighted by Gasteiger charge is 2.38. The van der Waals surface area contributed by atoms with E-state index in [-0.39, 0.29) is 18.0 Å². The van der Waals surface area contributed by atoms with Gasteiger partial charge in [-0.3, -0.25) is 9.52 Å². The maximum absolute atomic E-state index is 12.4. The molecule has 4 aliphatic rings. The molecule has 2 fully saturated rings. The Bertz CT molecular complexity index is 650. The van der Waals surface area contributed by atoms with Crippen LogP contribution in [0, 0.1) is 5.92 Å². The molecule has 0 aromatic heterocycles. The Morgan fingerprint density at radius 3 is 3.00 bits per heavy atom. The predicted molar refractivity (Wildman–Crippen MR) is 90.7 cm³/mol. The number of amides is 3. The van der Waals surface area contributed by atoms with Crippen LogP contribution in [0.1, 0.15) is 51.4 Å². The Hall–Kier alpha value is -1.43. The zero-order valence-corrected chi connectivity index (χ0v) is 14.1. The Morgan fingerprint density at radius 2 is 2.13 bits per heavy atom. The smallest absolute Gasteiger partial charge is 0.329 e. The third-order valence-corrected chi connectivity index (χ3v) is 6.87. The molecule has 4 rings (SSSR count). The maximum Gasteiger partial charge on any atom is 0.349 e. The molecule has 3 aliphatic carbocycles. The molecule has 3 atom stereocenters. The fourth-order valence-corrected chi connectivity index (χ4v) is 5.63. The van der Waals surface area contributed by atoms with Gasteiger partial charge in [-0.05, 0) is 56.1 Å². The van der Waals surface area contributed by atoms with Gasteiger partial charge < -0.3 is 5.32 Å². The topological polar surface area (TPSA) is 70.6 Å². The van der Waals surface area contributed by atoms with Gasteiger partial charge in [0.2, 0.25) is 5.91 Å². The summed E-state index contributed by atoms with van der Waals surface area (Å²) in [5.74, 6) is 1.26. The van der Waals surface area contributed by atoms with Crippen LogP contribution in [0.3, 0.4) is 0 Å². The molecule has 23 heavy (non-hydrogen) atoms. The maximum atomic E-state index is 12.4. The molecule has 3 unspecified atom stereocenters. The lowest BCUT2D eigenvalue weighted by molar-refractivity contribution is -0.119. The molecule has 2 N–H and O–H groups in total. The highest BCUT2D eigenvalue weighted by Crippen LogP contribution is 2.45. The number of nitrogens with one attached hydrogen (secondary N) is 2. The van der Waals surface area contributed by atoms with Gasteiger partial charge in [-0.2, -0.15) is 4.36 Å². The first-order chi connectivity index (χ1) is 11.2. The number of urea groups is 1. The van der Waals surface area contributed by atoms with Crippen LogP contribution in [0.25, 0.3) is 0 Å². The molecule has 1 aliphatic heterocycles. The van der Waals surface area contributed by atoms with E-state index in [2.05, 4.69) is 20.5 Å². The van der Waals surface area contributed by atoms with Crippen molar-refractivity contribution in [3.8, 4) is 0 Å². The highest BCUT2D eigenvalue weighted by atomic mass is 32.2. The molecule has 0 bridgehead atoms. The normalized spacial score (nSPS) is 33.1. The summed E-state index contributed by atoms with van der Waals surface area (Å²) in [5.41, 5.74) is 4.40. The summed E-state index contributed by atoms with van der Waals surface area (Å²) in [6, 6.07) is -0.122. The highest BCUT2D eigenvalue weighted by molar-refractivity contribution is 7.86. The minimum absolute atomic E-state index is 0.00981. The summed E-state index contributed by atoms with van der Waals surface area (Å²) in [5, 5.41) is 3.18. The van der Waals surface area contributed by atoms with E-state index in [0.717, 1.165) is 31.4 Å². The third kappa shape index (κ3) is 3.01. The minimum Gasteiger partial charge on any atom is -0.329 e. The predicted octanol–water partition coefficient (Wildman–Crippen LogP) is 2.91. The number of carbonyl (C=O) groups excluding carboxylic acids is 2. The second kappa shape index (κ2) is 6.23. The van der Waals surface area contributed by atoms with Crippen molar-refractivity contribution in [3.05, 3.63) is 22.8 Å². The van der Waals surface area contributed by atoms with Gasteiger partial charge in [-0.1, -0.05) is 11.6 Å². The first kappa shape index (κ1) is 15.1. The third-order valence-electron chi connectivity index (χ3n) is 5.34. The molecule has 124 valence electrons. The standard InChI is InChI=1S/C17H23N3O2S/c21-15-8-3-9-23(19-15)20-17(22)18-16-13-6-1-4-11(13)10-12-5-2-7-14(12)16/h10,13,16H,1-9H2,(H2,18,19,20,21,22). The van der Waals surface area contributed by atoms with Crippen molar-refractivity contribution in [3.63, 3.8) is 0 Å². The fraction of sp³-hybridized carbons (Fsp3) is 0.647. The van der Waals surface area contributed by atoms with E-state index in [1.807, 2.05) is 0 Å². The Balaban J connectivity index is 1.51. The van der Waals surface area contributed by atoms with Gasteiger partial charge in [-0.25, -0.2) is 4.79 Å². The lowest BCUT2D eigenvalue weighted by Crippen LogP contribution is -2.42. The van der Waals surface area contributed by atoms with E-state index in [4.69, 9.17) is 0 Å². The number of allylic oxidation sites excluding steroid dienone is 2. The first-order valence-electron chi connectivity index (χ1n) is 8.66. The van der Waals surface area contributed by atoms with E-state index in [0.29, 0.717) is 12.3 Å². The van der Waals surface area contributed by atoms with Crippen LogP contribution in [0.2, 0.25) is 0 Å². The average Bonchev–Trinajstić information content (AvgIpc) is 3.15. The van der Waals surface area contributed by atoms with E-state index in [1.54, 1.807) is 0 Å². The first-order valence-corrected chi connectivity index (χ1v) is 10.0. The Morgan fingerprint density at radius 1 is 1.22 bits per heavy atom. The van der Waals surface area contributed by atoms with Gasteiger partial charge in [0.25, 0.3) is 0 Å². The molecular formula is C17H23N3O2S. The average molecular weight is 333 g/mol. The van der Waals surface area contributed by atoms with Gasteiger partial charge in [0, 0.05) is 29.0 Å². The quantitative estimate of drug-likeness (QED) is 0.774. The molecule has 5 nitrogen and oxygen atoms in total. The van der Waals surface area contributed by atoms with Crippen LogP contribution in [-0.4, -0.2) is 23.7 Å². The van der Waals surface area contributed by atoms with E-state index in [9.17, 15) is 9.59 Å². The van der Waals surface area contributed by atoms with Crippen molar-refractivity contribution in [2.75, 3.05) is 5.75 Å². The van der Waals surface area contributed by atoms with Gasteiger partial charge in [0.05, 0.1) is 6.04 Å². The number of rotatable bonds is 1. The van der Waals surface area contributed by atoms with Crippen LogP contribution in [0.4, 0.5) is 4.79 Å². The Kier molecular flexibility index (Phi) is 4.09. The van der Waals surface area contributed by atoms with Gasteiger partial charge in [-0.15, -0.1) is 0 Å². The number of nitrogens with zero attached hydrogens (tertiary/aromatic N) is 1. The van der Waals surface area contributed by atoms with Crippen molar-refractivity contribution >= 4 is 22.8 Å². The van der Waals surface area contributed by atoms with E-state index < -0.39 is 10.9 Å². The van der Waals surface area contributed by atoms with Crippen LogP contribution in [0.15, 0.2) is 27.2 Å². The molecule has 0 spiro atoms. The van der Waals surface area contributed by atoms with Gasteiger partial charge in [0.15, 0.2) is 0 Å². The Labute approximate surface area is 139 Å². The lowest BCUT2D eigenvalue weighted by atomic mass is 9.82. The van der Waals surface area contributed by atoms with Crippen LogP contribution in [0.5, 0.6) is 0 Å². The van der Waals surface area contributed by atoms with E-state index in [1.165, 1.54) is 36.0 Å². The van der Waals surface area contributed by atoms with Crippen molar-refractivity contribution in [2.24, 2.45) is 10.3 Å². The van der Waals surface area contributed by atoms with Crippen LogP contribution < -0.4 is 10.0 Å². The molecule has 0 aromatic rings. The van der Waals surface area contributed by atoms with Crippen LogP contribution in [-0.2, 0) is 15.7 Å².